The maximum absolute atomic E-state index is 10.6. The first kappa shape index (κ1) is 14.1. The molecule has 0 aliphatic heterocycles. The molecule has 1 aromatic carbocycles. The number of hydrogen-bond donors (Lipinski definition) is 1. The molecule has 2 heteroatoms. The Kier molecular flexibility index (Phi) is 4.74. The summed E-state index contributed by atoms with van der Waals surface area (Å²) in [7, 11) is 0. The third kappa shape index (κ3) is 3.24. The van der Waals surface area contributed by atoms with Gasteiger partial charge in [0, 0.05) is 6.61 Å². The molecule has 2 atom stereocenters. The van der Waals surface area contributed by atoms with E-state index in [1.165, 1.54) is 37.7 Å². The smallest absolute Gasteiger partial charge is 0.105 e. The molecule has 2 nitrogen and oxygen atoms in total. The Morgan fingerprint density at radius 2 is 1.80 bits per heavy atom. The van der Waals surface area contributed by atoms with E-state index in [1.54, 1.807) is 0 Å². The van der Waals surface area contributed by atoms with Crippen LogP contribution in [-0.2, 0) is 11.2 Å². The molecular weight excluding hydrogens is 248 g/mol. The summed E-state index contributed by atoms with van der Waals surface area (Å²) in [4.78, 5) is 0. The van der Waals surface area contributed by atoms with Crippen molar-refractivity contribution in [2.24, 2.45) is 5.92 Å². The van der Waals surface area contributed by atoms with Gasteiger partial charge in [-0.25, -0.2) is 0 Å². The minimum atomic E-state index is -0.447. The third-order valence-corrected chi connectivity index (χ3v) is 4.93. The predicted molar refractivity (Wildman–Crippen MR) is 80.7 cm³/mol. The van der Waals surface area contributed by atoms with Crippen molar-refractivity contribution < 1.29 is 9.84 Å². The van der Waals surface area contributed by atoms with Crippen molar-refractivity contribution >= 4 is 0 Å². The van der Waals surface area contributed by atoms with Crippen LogP contribution in [0.15, 0.2) is 24.3 Å². The molecule has 0 spiro atoms. The van der Waals surface area contributed by atoms with Gasteiger partial charge in [-0.15, -0.1) is 0 Å². The summed E-state index contributed by atoms with van der Waals surface area (Å²) in [6.07, 6.45) is 9.39. The van der Waals surface area contributed by atoms with E-state index in [0.717, 1.165) is 37.4 Å². The van der Waals surface area contributed by atoms with Crippen LogP contribution in [-0.4, -0.2) is 17.8 Å². The molecule has 1 fully saturated rings. The molecule has 0 aromatic heterocycles. The maximum atomic E-state index is 10.6. The summed E-state index contributed by atoms with van der Waals surface area (Å²) in [6.45, 7) is 0.837. The second-order valence-electron chi connectivity index (χ2n) is 6.41. The van der Waals surface area contributed by atoms with Crippen LogP contribution < -0.4 is 0 Å². The van der Waals surface area contributed by atoms with E-state index in [4.69, 9.17) is 4.74 Å². The Labute approximate surface area is 122 Å². The summed E-state index contributed by atoms with van der Waals surface area (Å²) >= 11 is 0. The Morgan fingerprint density at radius 1 is 1.00 bits per heavy atom. The van der Waals surface area contributed by atoms with Gasteiger partial charge in [-0.3, -0.25) is 0 Å². The summed E-state index contributed by atoms with van der Waals surface area (Å²) in [5.41, 5.74) is 2.38. The monoisotopic (exact) mass is 274 g/mol. The van der Waals surface area contributed by atoms with Crippen LogP contribution in [0.1, 0.15) is 62.2 Å². The van der Waals surface area contributed by atoms with Gasteiger partial charge in [0.2, 0.25) is 0 Å². The summed E-state index contributed by atoms with van der Waals surface area (Å²) < 4.78 is 6.12. The molecule has 1 aromatic rings. The number of ether oxygens (including phenoxy) is 1. The van der Waals surface area contributed by atoms with Crippen molar-refractivity contribution in [3.05, 3.63) is 35.4 Å². The molecule has 1 saturated carbocycles. The summed E-state index contributed by atoms with van der Waals surface area (Å²) in [5, 5.41) is 10.6. The van der Waals surface area contributed by atoms with Crippen molar-refractivity contribution in [1.82, 2.24) is 0 Å². The van der Waals surface area contributed by atoms with Gasteiger partial charge in [0.15, 0.2) is 0 Å². The normalized spacial score (nSPS) is 27.9. The van der Waals surface area contributed by atoms with Crippen molar-refractivity contribution in [1.29, 1.82) is 0 Å². The maximum Gasteiger partial charge on any atom is 0.105 e. The van der Waals surface area contributed by atoms with Gasteiger partial charge < -0.3 is 9.84 Å². The fourth-order valence-corrected chi connectivity index (χ4v) is 3.69. The first-order chi connectivity index (χ1) is 9.84. The van der Waals surface area contributed by atoms with Gasteiger partial charge in [0.05, 0.1) is 6.10 Å². The highest BCUT2D eigenvalue weighted by molar-refractivity contribution is 5.30. The molecule has 0 saturated heterocycles. The van der Waals surface area contributed by atoms with E-state index in [9.17, 15) is 5.11 Å². The number of rotatable bonds is 3. The van der Waals surface area contributed by atoms with E-state index in [2.05, 4.69) is 18.2 Å². The molecule has 0 bridgehead atoms. The van der Waals surface area contributed by atoms with Gasteiger partial charge >= 0.3 is 0 Å². The van der Waals surface area contributed by atoms with Gasteiger partial charge in [-0.2, -0.15) is 0 Å². The van der Waals surface area contributed by atoms with E-state index in [1.807, 2.05) is 6.07 Å². The van der Waals surface area contributed by atoms with E-state index >= 15 is 0 Å². The third-order valence-electron chi connectivity index (χ3n) is 4.93. The van der Waals surface area contributed by atoms with Crippen LogP contribution in [0.2, 0.25) is 0 Å². The van der Waals surface area contributed by atoms with Crippen LogP contribution in [0.25, 0.3) is 0 Å². The van der Waals surface area contributed by atoms with E-state index in [0.29, 0.717) is 0 Å². The first-order valence-electron chi connectivity index (χ1n) is 8.22. The van der Waals surface area contributed by atoms with Crippen molar-refractivity contribution in [2.45, 2.75) is 63.6 Å². The molecule has 110 valence electrons. The summed E-state index contributed by atoms with van der Waals surface area (Å²) in [5.74, 6) is 0.717. The first-order valence-corrected chi connectivity index (χ1v) is 8.22. The van der Waals surface area contributed by atoms with Gasteiger partial charge in [0.25, 0.3) is 0 Å². The van der Waals surface area contributed by atoms with Crippen molar-refractivity contribution in [3.63, 3.8) is 0 Å². The largest absolute Gasteiger partial charge is 0.386 e. The van der Waals surface area contributed by atoms with Gasteiger partial charge in [-0.05, 0) is 49.1 Å². The molecule has 2 aliphatic carbocycles. The van der Waals surface area contributed by atoms with Crippen LogP contribution in [0.3, 0.4) is 0 Å². The molecule has 3 rings (SSSR count). The lowest BCUT2D eigenvalue weighted by Gasteiger charge is -2.27. The van der Waals surface area contributed by atoms with Gasteiger partial charge in [0.1, 0.15) is 6.10 Å². The SMILES string of the molecule is OC1c2ccccc2CCCC1OCC1CCCCC1. The number of fused-ring (bicyclic) bond motifs is 1. The van der Waals surface area contributed by atoms with Gasteiger partial charge in [-0.1, -0.05) is 43.5 Å². The highest BCUT2D eigenvalue weighted by atomic mass is 16.5. The topological polar surface area (TPSA) is 29.5 Å². The number of aryl methyl sites for hydroxylation is 1. The molecule has 1 N–H and O–H groups in total. The Balaban J connectivity index is 1.62. The van der Waals surface area contributed by atoms with Crippen LogP contribution in [0.4, 0.5) is 0 Å². The fraction of sp³-hybridized carbons (Fsp3) is 0.667. The Bertz CT molecular complexity index is 423. The lowest BCUT2D eigenvalue weighted by Crippen LogP contribution is -2.25. The molecule has 2 aliphatic rings. The zero-order chi connectivity index (χ0) is 13.8. The highest BCUT2D eigenvalue weighted by Crippen LogP contribution is 2.32. The van der Waals surface area contributed by atoms with Crippen molar-refractivity contribution in [3.8, 4) is 0 Å². The fourth-order valence-electron chi connectivity index (χ4n) is 3.69. The minimum Gasteiger partial charge on any atom is -0.386 e. The molecule has 2 unspecified atom stereocenters. The standard InChI is InChI=1S/C18H26O2/c19-18-16-11-5-4-9-15(16)10-6-12-17(18)20-13-14-7-2-1-3-8-14/h4-5,9,11,14,17-19H,1-3,6-8,10,12-13H2. The van der Waals surface area contributed by atoms with Crippen LogP contribution in [0.5, 0.6) is 0 Å². The Hall–Kier alpha value is -0.860. The van der Waals surface area contributed by atoms with Crippen LogP contribution in [0, 0.1) is 5.92 Å². The lowest BCUT2D eigenvalue weighted by molar-refractivity contribution is -0.0571. The molecule has 0 heterocycles. The summed E-state index contributed by atoms with van der Waals surface area (Å²) in [6, 6.07) is 8.28. The average molecular weight is 274 g/mol. The number of hydrogen-bond acceptors (Lipinski definition) is 2. The number of benzene rings is 1. The predicted octanol–water partition coefficient (Wildman–Crippen LogP) is 4.02. The second kappa shape index (κ2) is 6.73. The number of aliphatic hydroxyl groups excluding tert-OH is 1. The van der Waals surface area contributed by atoms with Crippen molar-refractivity contribution in [2.75, 3.05) is 6.61 Å². The molecular formula is C18H26O2. The quantitative estimate of drug-likeness (QED) is 0.844. The lowest BCUT2D eigenvalue weighted by atomic mass is 9.90. The molecule has 20 heavy (non-hydrogen) atoms. The van der Waals surface area contributed by atoms with E-state index in [-0.39, 0.29) is 6.10 Å². The average Bonchev–Trinajstić information content (AvgIpc) is 2.66. The molecule has 0 amide bonds. The zero-order valence-corrected chi connectivity index (χ0v) is 12.3. The Morgan fingerprint density at radius 3 is 2.65 bits per heavy atom. The minimum absolute atomic E-state index is 0.0134. The zero-order valence-electron chi connectivity index (χ0n) is 12.3. The molecule has 0 radical (unpaired) electrons. The second-order valence-corrected chi connectivity index (χ2v) is 6.41. The highest BCUT2D eigenvalue weighted by Gasteiger charge is 2.27. The van der Waals surface area contributed by atoms with Crippen LogP contribution >= 0.6 is 0 Å². The van der Waals surface area contributed by atoms with E-state index < -0.39 is 6.10 Å². The number of aliphatic hydroxyl groups is 1.